The van der Waals surface area contributed by atoms with E-state index < -0.39 is 184 Å². The van der Waals surface area contributed by atoms with Gasteiger partial charge in [-0.15, -0.1) is 0 Å². The van der Waals surface area contributed by atoms with Crippen LogP contribution in [0.2, 0.25) is 0 Å². The van der Waals surface area contributed by atoms with E-state index in [1.807, 2.05) is 9.97 Å². The average Bonchev–Trinajstić information content (AvgIpc) is 3.73. The Morgan fingerprint density at radius 1 is 0.569 bits per heavy atom. The molecule has 6 heterocycles. The standard InChI is InChI=1S/C16H26N2O16P2.C16H24N2O16P2/c2*1-6-10(21)11(22)7(4-19)32-15(6)33-36(28,29)34-35(26,27)30-5-8-12(23)13(24)14(31-8)18-3-2-9(20)17-16(18)25/h2-3,6-8,10-15,19,21-24H,4-5H2,1H3,(H,26,27)(H,28,29)(H,17,20,25);2-4,6-8,10-15,21-24H,5H2,1H3,(H,26,27)(H,28,29)(H,17,20,25)/p-4/t2*6?,7?,8?,10-,11-,12?,13?,14?,15-/m11/s1. The number of phosphoric ester groups is 4. The molecule has 36 nitrogen and oxygen atoms in total. The molecule has 2 aromatic rings. The molecule has 4 fully saturated rings. The average molecular weight is 1120 g/mol. The molecule has 16 unspecified atom stereocenters. The Bertz CT molecular complexity index is 2630. The minimum absolute atomic E-state index is 0.0735. The van der Waals surface area contributed by atoms with E-state index in [0.29, 0.717) is 4.57 Å². The quantitative estimate of drug-likeness (QED) is 0.0488. The van der Waals surface area contributed by atoms with Crippen LogP contribution in [-0.2, 0) is 68.7 Å². The molecule has 410 valence electrons. The highest BCUT2D eigenvalue weighted by Crippen LogP contribution is 2.58. The van der Waals surface area contributed by atoms with Gasteiger partial charge in [0.25, 0.3) is 42.4 Å². The molecular weight excluding hydrogens is 1080 g/mol. The van der Waals surface area contributed by atoms with Crippen LogP contribution in [0.5, 0.6) is 0 Å². The smallest absolute Gasteiger partial charge is 0.330 e. The normalized spacial score (nSPS) is 38.3. The minimum Gasteiger partial charge on any atom is -0.756 e. The summed E-state index contributed by atoms with van der Waals surface area (Å²) in [7, 11) is -23.0. The Kier molecular flexibility index (Phi) is 19.9. The van der Waals surface area contributed by atoms with Crippen LogP contribution in [0.4, 0.5) is 0 Å². The summed E-state index contributed by atoms with van der Waals surface area (Å²) in [5.41, 5.74) is -3.50. The summed E-state index contributed by atoms with van der Waals surface area (Å²) in [5, 5.41) is 89.0. The lowest BCUT2D eigenvalue weighted by Gasteiger charge is -2.42. The summed E-state index contributed by atoms with van der Waals surface area (Å²) in [6, 6.07) is 1.85. The molecule has 22 atom stereocenters. The van der Waals surface area contributed by atoms with Crippen molar-refractivity contribution in [1.82, 2.24) is 19.1 Å². The molecule has 0 amide bonds. The van der Waals surface area contributed by atoms with Crippen LogP contribution < -0.4 is 42.1 Å². The van der Waals surface area contributed by atoms with E-state index in [4.69, 9.17) is 18.9 Å². The molecule has 6 rings (SSSR count). The van der Waals surface area contributed by atoms with E-state index in [-0.39, 0.29) is 6.29 Å². The second-order valence-corrected chi connectivity index (χ2v) is 21.7. The summed E-state index contributed by atoms with van der Waals surface area (Å²) >= 11 is 0. The van der Waals surface area contributed by atoms with Crippen LogP contribution >= 0.6 is 31.3 Å². The second-order valence-electron chi connectivity index (χ2n) is 15.9. The predicted octanol–water partition coefficient (Wildman–Crippen LogP) is -9.36. The van der Waals surface area contributed by atoms with Gasteiger partial charge in [-0.05, 0) is 0 Å². The van der Waals surface area contributed by atoms with Gasteiger partial charge in [0.1, 0.15) is 61.0 Å². The Balaban J connectivity index is 0.000000267. The van der Waals surface area contributed by atoms with Crippen LogP contribution in [0, 0.1) is 11.8 Å². The zero-order valence-corrected chi connectivity index (χ0v) is 40.1. The fourth-order valence-electron chi connectivity index (χ4n) is 6.96. The van der Waals surface area contributed by atoms with E-state index in [0.717, 1.165) is 29.1 Å². The third kappa shape index (κ3) is 14.7. The number of H-pyrrole nitrogens is 2. The number of aromatic nitrogens is 4. The first kappa shape index (κ1) is 59.9. The van der Waals surface area contributed by atoms with E-state index in [2.05, 4.69) is 26.7 Å². The van der Waals surface area contributed by atoms with Gasteiger partial charge in [0, 0.05) is 36.4 Å². The Hall–Kier alpha value is -2.97. The highest BCUT2D eigenvalue weighted by Gasteiger charge is 2.48. The first-order chi connectivity index (χ1) is 33.3. The van der Waals surface area contributed by atoms with Gasteiger partial charge in [-0.3, -0.25) is 56.0 Å². The Morgan fingerprint density at radius 3 is 1.32 bits per heavy atom. The predicted molar refractivity (Wildman–Crippen MR) is 214 cm³/mol. The summed E-state index contributed by atoms with van der Waals surface area (Å²) in [5.74, 6) is -2.44. The van der Waals surface area contributed by atoms with Crippen molar-refractivity contribution < 1.29 is 134 Å². The van der Waals surface area contributed by atoms with Crippen molar-refractivity contribution in [3.63, 3.8) is 0 Å². The summed E-state index contributed by atoms with van der Waals surface area (Å²) in [6.07, 6.45) is -24.9. The Morgan fingerprint density at radius 2 is 0.944 bits per heavy atom. The number of nitrogens with one attached hydrogen (secondary N) is 2. The largest absolute Gasteiger partial charge is 0.756 e. The molecule has 0 aliphatic carbocycles. The number of rotatable bonds is 18. The third-order valence-electron chi connectivity index (χ3n) is 10.9. The monoisotopic (exact) mass is 1120 g/mol. The highest BCUT2D eigenvalue weighted by molar-refractivity contribution is 7.60. The molecule has 0 spiro atoms. The van der Waals surface area contributed by atoms with Crippen molar-refractivity contribution in [2.75, 3.05) is 19.8 Å². The van der Waals surface area contributed by atoms with Crippen LogP contribution in [0.3, 0.4) is 0 Å². The van der Waals surface area contributed by atoms with Gasteiger partial charge in [-0.2, -0.15) is 0 Å². The lowest BCUT2D eigenvalue weighted by Crippen LogP contribution is -2.55. The van der Waals surface area contributed by atoms with Gasteiger partial charge in [0.2, 0.25) is 0 Å². The maximum absolute atomic E-state index is 12.1. The van der Waals surface area contributed by atoms with Crippen LogP contribution in [-0.4, -0.2) is 177 Å². The van der Waals surface area contributed by atoms with E-state index >= 15 is 0 Å². The zero-order valence-electron chi connectivity index (χ0n) is 36.5. The number of hydrogen-bond donors (Lipinski definition) is 11. The van der Waals surface area contributed by atoms with Gasteiger partial charge in [-0.1, -0.05) is 13.8 Å². The molecule has 4 saturated heterocycles. The third-order valence-corrected chi connectivity index (χ3v) is 15.9. The SMILES string of the molecule is CC1[C@@H](OP(=O)([O-])OP(=O)([O-])OCC2OC(n3ccc(=O)[nH]c3=O)C(O)C2O)OC(C=O)[C@@H](O)[C@@H]1O.CC1[C@@H](OP(=O)([O-])OP(=O)([O-])OCC2OC(n3ccc(=O)[nH]c3=O)C(O)C2O)OC(CO)[C@@H](O)[C@@H]1O. The van der Waals surface area contributed by atoms with Crippen LogP contribution in [0.15, 0.2) is 43.7 Å². The molecule has 72 heavy (non-hydrogen) atoms. The van der Waals surface area contributed by atoms with E-state index in [9.17, 15) is 108 Å². The number of nitrogens with zero attached hydrogens (tertiary/aromatic N) is 2. The molecule has 2 aromatic heterocycles. The van der Waals surface area contributed by atoms with Gasteiger partial charge in [-0.25, -0.2) is 18.2 Å². The van der Waals surface area contributed by atoms with Crippen molar-refractivity contribution >= 4 is 37.6 Å². The maximum atomic E-state index is 12.1. The number of ether oxygens (including phenoxy) is 4. The van der Waals surface area contributed by atoms with Crippen molar-refractivity contribution in [3.8, 4) is 0 Å². The topological polar surface area (TPSA) is 562 Å². The number of aliphatic hydroxyl groups is 9. The van der Waals surface area contributed by atoms with Crippen molar-refractivity contribution in [2.45, 2.75) is 112 Å². The van der Waals surface area contributed by atoms with E-state index in [1.165, 1.54) is 13.8 Å². The van der Waals surface area contributed by atoms with Crippen LogP contribution in [0.25, 0.3) is 0 Å². The number of aldehydes is 1. The fraction of sp³-hybridized carbons (Fsp3) is 0.719. The Labute approximate surface area is 400 Å². The molecule has 0 radical (unpaired) electrons. The lowest BCUT2D eigenvalue weighted by molar-refractivity contribution is -0.292. The molecule has 0 aromatic carbocycles. The van der Waals surface area contributed by atoms with Gasteiger partial charge < -0.3 is 98.3 Å². The molecule has 4 aliphatic heterocycles. The number of hydrogen-bond acceptors (Lipinski definition) is 32. The van der Waals surface area contributed by atoms with Gasteiger partial charge >= 0.3 is 11.4 Å². The molecule has 0 bridgehead atoms. The highest BCUT2D eigenvalue weighted by atomic mass is 31.3. The molecule has 4 aliphatic rings. The maximum Gasteiger partial charge on any atom is 0.330 e. The number of aliphatic hydroxyl groups excluding tert-OH is 9. The fourth-order valence-corrected chi connectivity index (χ4v) is 11.3. The molecular formula is C32H46N4O32P4-4. The molecule has 40 heteroatoms. The minimum atomic E-state index is -5.78. The zero-order chi connectivity index (χ0) is 54.0. The van der Waals surface area contributed by atoms with Gasteiger partial charge in [0.15, 0.2) is 31.3 Å². The van der Waals surface area contributed by atoms with Crippen molar-refractivity contribution in [2.24, 2.45) is 11.8 Å². The van der Waals surface area contributed by atoms with E-state index in [1.54, 1.807) is 0 Å². The van der Waals surface area contributed by atoms with Crippen LogP contribution in [0.1, 0.15) is 26.3 Å². The number of carbonyl (C=O) groups is 1. The van der Waals surface area contributed by atoms with Gasteiger partial charge in [0.05, 0.1) is 32.0 Å². The first-order valence-corrected chi connectivity index (χ1v) is 26.2. The summed E-state index contributed by atoms with van der Waals surface area (Å²) in [4.78, 5) is 109. The summed E-state index contributed by atoms with van der Waals surface area (Å²) < 4.78 is 95.8. The van der Waals surface area contributed by atoms with Crippen molar-refractivity contribution in [1.29, 1.82) is 0 Å². The number of phosphoric acid groups is 4. The number of aromatic amines is 2. The second kappa shape index (κ2) is 23.9. The molecule has 0 saturated carbocycles. The first-order valence-electron chi connectivity index (χ1n) is 20.4. The molecule has 11 N–H and O–H groups in total. The number of carbonyl (C=O) groups excluding carboxylic acids is 1. The lowest BCUT2D eigenvalue weighted by atomic mass is 9.93. The van der Waals surface area contributed by atoms with Crippen molar-refractivity contribution in [3.05, 3.63) is 66.2 Å². The summed E-state index contributed by atoms with van der Waals surface area (Å²) in [6.45, 7) is -0.571.